The number of benzene rings is 1. The van der Waals surface area contributed by atoms with Crippen molar-refractivity contribution in [1.82, 2.24) is 5.32 Å². The first kappa shape index (κ1) is 16.3. The van der Waals surface area contributed by atoms with Gasteiger partial charge in [0.15, 0.2) is 0 Å². The summed E-state index contributed by atoms with van der Waals surface area (Å²) in [5.41, 5.74) is 0.639. The molecule has 0 bridgehead atoms. The summed E-state index contributed by atoms with van der Waals surface area (Å²) in [5, 5.41) is 12.5. The molecule has 5 heteroatoms. The molecule has 1 aromatic rings. The number of carbonyl (C=O) groups is 1. The fraction of sp³-hybridized carbons (Fsp3) is 0.611. The third-order valence-corrected chi connectivity index (χ3v) is 4.61. The van der Waals surface area contributed by atoms with E-state index in [4.69, 9.17) is 9.47 Å². The summed E-state index contributed by atoms with van der Waals surface area (Å²) in [6.07, 6.45) is 5.36. The minimum Gasteiger partial charge on any atom is -0.491 e. The Morgan fingerprint density at radius 2 is 1.91 bits per heavy atom. The summed E-state index contributed by atoms with van der Waals surface area (Å²) in [6.45, 7) is 1.39. The van der Waals surface area contributed by atoms with Crippen molar-refractivity contribution in [1.29, 1.82) is 0 Å². The van der Waals surface area contributed by atoms with Crippen molar-refractivity contribution in [2.24, 2.45) is 0 Å². The maximum absolute atomic E-state index is 12.2. The number of aliphatic hydroxyl groups excluding tert-OH is 1. The lowest BCUT2D eigenvalue weighted by molar-refractivity contribution is 0.0679. The fourth-order valence-electron chi connectivity index (χ4n) is 3.16. The highest BCUT2D eigenvalue weighted by Crippen LogP contribution is 2.20. The number of ether oxygens (including phenoxy) is 2. The maximum Gasteiger partial charge on any atom is 0.251 e. The van der Waals surface area contributed by atoms with Crippen LogP contribution in [0.1, 0.15) is 48.9 Å². The zero-order valence-corrected chi connectivity index (χ0v) is 13.4. The van der Waals surface area contributed by atoms with Crippen LogP contribution in [0.25, 0.3) is 0 Å². The van der Waals surface area contributed by atoms with Gasteiger partial charge in [0.05, 0.1) is 12.2 Å². The smallest absolute Gasteiger partial charge is 0.251 e. The van der Waals surface area contributed by atoms with Crippen LogP contribution in [0.4, 0.5) is 0 Å². The van der Waals surface area contributed by atoms with E-state index in [-0.39, 0.29) is 24.2 Å². The second-order valence-corrected chi connectivity index (χ2v) is 6.45. The summed E-state index contributed by atoms with van der Waals surface area (Å²) in [7, 11) is 0. The van der Waals surface area contributed by atoms with Crippen LogP contribution in [0.15, 0.2) is 24.3 Å². The molecule has 1 aliphatic heterocycles. The Morgan fingerprint density at radius 3 is 2.57 bits per heavy atom. The number of aliphatic hydroxyl groups is 1. The molecule has 5 nitrogen and oxygen atoms in total. The van der Waals surface area contributed by atoms with Crippen LogP contribution in [-0.4, -0.2) is 42.5 Å². The van der Waals surface area contributed by atoms with Gasteiger partial charge in [0, 0.05) is 18.2 Å². The fourth-order valence-corrected chi connectivity index (χ4v) is 3.16. The average molecular weight is 319 g/mol. The van der Waals surface area contributed by atoms with Crippen LogP contribution >= 0.6 is 0 Å². The molecular formula is C18H25NO4. The monoisotopic (exact) mass is 319 g/mol. The average Bonchev–Trinajstić information content (AvgIpc) is 3.09. The summed E-state index contributed by atoms with van der Waals surface area (Å²) in [6, 6.07) is 7.40. The molecule has 1 saturated carbocycles. The lowest BCUT2D eigenvalue weighted by Gasteiger charge is -2.26. The van der Waals surface area contributed by atoms with E-state index in [0.29, 0.717) is 12.2 Å². The molecule has 0 aromatic heterocycles. The highest BCUT2D eigenvalue weighted by Gasteiger charge is 2.21. The highest BCUT2D eigenvalue weighted by atomic mass is 16.5. The number of hydrogen-bond acceptors (Lipinski definition) is 4. The molecular weight excluding hydrogens is 294 g/mol. The Labute approximate surface area is 137 Å². The standard InChI is InChI=1S/C18H25NO4/c20-15-7-5-14(6-8-15)19-18(21)13-3-9-16(10-4-13)23-12-17-2-1-11-22-17/h3-4,9-10,14-15,17,20H,1-2,5-8,11-12H2,(H,19,21). The largest absolute Gasteiger partial charge is 0.491 e. The molecule has 126 valence electrons. The lowest BCUT2D eigenvalue weighted by atomic mass is 9.93. The van der Waals surface area contributed by atoms with Crippen molar-refractivity contribution in [3.63, 3.8) is 0 Å². The molecule has 1 heterocycles. The van der Waals surface area contributed by atoms with E-state index < -0.39 is 0 Å². The van der Waals surface area contributed by atoms with Crippen molar-refractivity contribution in [3.05, 3.63) is 29.8 Å². The highest BCUT2D eigenvalue weighted by molar-refractivity contribution is 5.94. The van der Waals surface area contributed by atoms with E-state index in [2.05, 4.69) is 5.32 Å². The Kier molecular flexibility index (Phi) is 5.51. The van der Waals surface area contributed by atoms with E-state index in [1.165, 1.54) is 0 Å². The molecule has 1 atom stereocenters. The van der Waals surface area contributed by atoms with Gasteiger partial charge in [0.25, 0.3) is 5.91 Å². The van der Waals surface area contributed by atoms with Gasteiger partial charge in [-0.05, 0) is 62.8 Å². The van der Waals surface area contributed by atoms with E-state index in [1.807, 2.05) is 12.1 Å². The SMILES string of the molecule is O=C(NC1CCC(O)CC1)c1ccc(OCC2CCCO2)cc1. The zero-order chi connectivity index (χ0) is 16.1. The molecule has 0 radical (unpaired) electrons. The molecule has 1 aromatic carbocycles. The van der Waals surface area contributed by atoms with Gasteiger partial charge in [-0.2, -0.15) is 0 Å². The van der Waals surface area contributed by atoms with E-state index in [1.54, 1.807) is 12.1 Å². The van der Waals surface area contributed by atoms with Crippen LogP contribution in [0.5, 0.6) is 5.75 Å². The van der Waals surface area contributed by atoms with Crippen LogP contribution in [0.2, 0.25) is 0 Å². The molecule has 2 aliphatic rings. The topological polar surface area (TPSA) is 67.8 Å². The van der Waals surface area contributed by atoms with Crippen LogP contribution in [-0.2, 0) is 4.74 Å². The Bertz CT molecular complexity index is 502. The molecule has 23 heavy (non-hydrogen) atoms. The van der Waals surface area contributed by atoms with Crippen molar-refractivity contribution in [2.45, 2.75) is 56.8 Å². The molecule has 1 aliphatic carbocycles. The third-order valence-electron chi connectivity index (χ3n) is 4.61. The maximum atomic E-state index is 12.2. The van der Waals surface area contributed by atoms with Gasteiger partial charge in [-0.25, -0.2) is 0 Å². The molecule has 1 saturated heterocycles. The third kappa shape index (κ3) is 4.69. The van der Waals surface area contributed by atoms with Crippen molar-refractivity contribution >= 4 is 5.91 Å². The van der Waals surface area contributed by atoms with E-state index in [0.717, 1.165) is 50.9 Å². The van der Waals surface area contributed by atoms with E-state index in [9.17, 15) is 9.90 Å². The van der Waals surface area contributed by atoms with Crippen molar-refractivity contribution in [3.8, 4) is 5.75 Å². The summed E-state index contributed by atoms with van der Waals surface area (Å²) >= 11 is 0. The van der Waals surface area contributed by atoms with Gasteiger partial charge in [-0.1, -0.05) is 0 Å². The molecule has 2 fully saturated rings. The second-order valence-electron chi connectivity index (χ2n) is 6.45. The van der Waals surface area contributed by atoms with Crippen molar-refractivity contribution in [2.75, 3.05) is 13.2 Å². The summed E-state index contributed by atoms with van der Waals surface area (Å²) in [4.78, 5) is 12.2. The Balaban J connectivity index is 1.47. The van der Waals surface area contributed by atoms with Gasteiger partial charge >= 0.3 is 0 Å². The molecule has 2 N–H and O–H groups in total. The minimum absolute atomic E-state index is 0.0583. The number of carbonyl (C=O) groups excluding carboxylic acids is 1. The lowest BCUT2D eigenvalue weighted by Crippen LogP contribution is -2.38. The number of rotatable bonds is 5. The zero-order valence-electron chi connectivity index (χ0n) is 13.4. The quantitative estimate of drug-likeness (QED) is 0.874. The second kappa shape index (κ2) is 7.79. The number of nitrogens with one attached hydrogen (secondary N) is 1. The van der Waals surface area contributed by atoms with Gasteiger partial charge in [-0.15, -0.1) is 0 Å². The first-order valence-corrected chi connectivity index (χ1v) is 8.54. The predicted octanol–water partition coefficient (Wildman–Crippen LogP) is 2.28. The number of hydrogen-bond donors (Lipinski definition) is 2. The van der Waals surface area contributed by atoms with Gasteiger partial charge in [0.2, 0.25) is 0 Å². The molecule has 3 rings (SSSR count). The molecule has 1 amide bonds. The molecule has 1 unspecified atom stereocenters. The van der Waals surface area contributed by atoms with Gasteiger partial charge in [0.1, 0.15) is 12.4 Å². The first-order valence-electron chi connectivity index (χ1n) is 8.54. The summed E-state index contributed by atoms with van der Waals surface area (Å²) in [5.74, 6) is 0.704. The Morgan fingerprint density at radius 1 is 1.17 bits per heavy atom. The van der Waals surface area contributed by atoms with Gasteiger partial charge in [-0.3, -0.25) is 4.79 Å². The normalized spacial score (nSPS) is 27.6. The van der Waals surface area contributed by atoms with Crippen LogP contribution in [0.3, 0.4) is 0 Å². The summed E-state index contributed by atoms with van der Waals surface area (Å²) < 4.78 is 11.2. The first-order chi connectivity index (χ1) is 11.2. The van der Waals surface area contributed by atoms with Crippen LogP contribution < -0.4 is 10.1 Å². The molecule has 0 spiro atoms. The number of amides is 1. The Hall–Kier alpha value is -1.59. The van der Waals surface area contributed by atoms with Crippen LogP contribution in [0, 0.1) is 0 Å². The predicted molar refractivity (Wildman–Crippen MR) is 86.6 cm³/mol. The van der Waals surface area contributed by atoms with Crippen molar-refractivity contribution < 1.29 is 19.4 Å². The van der Waals surface area contributed by atoms with Gasteiger partial charge < -0.3 is 19.9 Å². The van der Waals surface area contributed by atoms with E-state index >= 15 is 0 Å². The minimum atomic E-state index is -0.205.